The molecule has 148 valence electrons. The molecule has 0 bridgehead atoms. The SMILES string of the molecule is C[C@]1(c2ccc3c(c2)OCO3)NC(=O)N(CC(=O)c2ccc3c(c2)CCC3)C1=O. The van der Waals surface area contributed by atoms with Crippen LogP contribution in [0.25, 0.3) is 0 Å². The highest BCUT2D eigenvalue weighted by atomic mass is 16.7. The average molecular weight is 392 g/mol. The largest absolute Gasteiger partial charge is 0.454 e. The van der Waals surface area contributed by atoms with Gasteiger partial charge in [-0.25, -0.2) is 4.79 Å². The normalized spacial score (nSPS) is 22.0. The van der Waals surface area contributed by atoms with Crippen molar-refractivity contribution in [2.45, 2.75) is 31.7 Å². The van der Waals surface area contributed by atoms with E-state index in [1.807, 2.05) is 12.1 Å². The van der Waals surface area contributed by atoms with E-state index in [2.05, 4.69) is 5.32 Å². The molecule has 1 aliphatic carbocycles. The molecule has 1 fully saturated rings. The Bertz CT molecular complexity index is 1060. The third-order valence-corrected chi connectivity index (χ3v) is 5.95. The quantitative estimate of drug-likeness (QED) is 0.639. The standard InChI is InChI=1S/C22H20N2O5/c1-22(16-7-8-18-19(10-16)29-12-28-18)20(26)24(21(27)23-22)11-17(25)15-6-5-13-3-2-4-14(13)9-15/h5-10H,2-4,11-12H2,1H3,(H,23,27)/t22-/m1/s1. The molecule has 3 aliphatic rings. The van der Waals surface area contributed by atoms with Gasteiger partial charge in [-0.1, -0.05) is 18.2 Å². The Hall–Kier alpha value is -3.35. The molecule has 1 atom stereocenters. The summed E-state index contributed by atoms with van der Waals surface area (Å²) in [5.41, 5.74) is 2.29. The number of fused-ring (bicyclic) bond motifs is 2. The molecule has 7 heteroatoms. The zero-order valence-electron chi connectivity index (χ0n) is 16.0. The van der Waals surface area contributed by atoms with E-state index in [0.717, 1.165) is 24.2 Å². The summed E-state index contributed by atoms with van der Waals surface area (Å²) in [6.07, 6.45) is 3.08. The van der Waals surface area contributed by atoms with Crippen LogP contribution in [0.2, 0.25) is 0 Å². The molecule has 2 aromatic carbocycles. The van der Waals surface area contributed by atoms with E-state index in [4.69, 9.17) is 9.47 Å². The molecule has 0 unspecified atom stereocenters. The predicted octanol–water partition coefficient (Wildman–Crippen LogP) is 2.55. The zero-order valence-corrected chi connectivity index (χ0v) is 16.0. The Morgan fingerprint density at radius 1 is 1.07 bits per heavy atom. The van der Waals surface area contributed by atoms with Gasteiger partial charge in [0.1, 0.15) is 5.54 Å². The molecule has 7 nitrogen and oxygen atoms in total. The van der Waals surface area contributed by atoms with E-state index in [0.29, 0.717) is 22.6 Å². The van der Waals surface area contributed by atoms with Gasteiger partial charge in [0.15, 0.2) is 17.3 Å². The minimum Gasteiger partial charge on any atom is -0.454 e. The van der Waals surface area contributed by atoms with E-state index in [1.165, 1.54) is 11.1 Å². The molecule has 2 heterocycles. The number of carbonyl (C=O) groups excluding carboxylic acids is 3. The van der Waals surface area contributed by atoms with Gasteiger partial charge in [-0.2, -0.15) is 0 Å². The molecule has 0 radical (unpaired) electrons. The number of nitrogens with zero attached hydrogens (tertiary/aromatic N) is 1. The van der Waals surface area contributed by atoms with Crippen LogP contribution >= 0.6 is 0 Å². The smallest absolute Gasteiger partial charge is 0.325 e. The third-order valence-electron chi connectivity index (χ3n) is 5.95. The van der Waals surface area contributed by atoms with E-state index in [1.54, 1.807) is 31.2 Å². The number of imide groups is 1. The summed E-state index contributed by atoms with van der Waals surface area (Å²) in [5.74, 6) is 0.408. The van der Waals surface area contributed by atoms with E-state index in [9.17, 15) is 14.4 Å². The number of ketones is 1. The van der Waals surface area contributed by atoms with Gasteiger partial charge in [0.05, 0.1) is 6.54 Å². The minimum absolute atomic E-state index is 0.122. The lowest BCUT2D eigenvalue weighted by molar-refractivity contribution is -0.130. The predicted molar refractivity (Wildman–Crippen MR) is 103 cm³/mol. The molecule has 0 saturated carbocycles. The van der Waals surface area contributed by atoms with Crippen molar-refractivity contribution in [1.82, 2.24) is 10.2 Å². The zero-order chi connectivity index (χ0) is 20.2. The van der Waals surface area contributed by atoms with Crippen molar-refractivity contribution >= 4 is 17.7 Å². The summed E-state index contributed by atoms with van der Waals surface area (Å²) >= 11 is 0. The van der Waals surface area contributed by atoms with Crippen LogP contribution in [0.1, 0.15) is 40.4 Å². The Labute approximate surface area is 167 Å². The van der Waals surface area contributed by atoms with Crippen LogP contribution < -0.4 is 14.8 Å². The van der Waals surface area contributed by atoms with Crippen LogP contribution in [0.3, 0.4) is 0 Å². The molecule has 1 saturated heterocycles. The van der Waals surface area contributed by atoms with Crippen molar-refractivity contribution in [2.75, 3.05) is 13.3 Å². The first kappa shape index (κ1) is 17.7. The van der Waals surface area contributed by atoms with Gasteiger partial charge in [-0.05, 0) is 61.1 Å². The summed E-state index contributed by atoms with van der Waals surface area (Å²) in [4.78, 5) is 39.4. The maximum absolute atomic E-state index is 13.1. The summed E-state index contributed by atoms with van der Waals surface area (Å²) in [6.45, 7) is 1.46. The van der Waals surface area contributed by atoms with Crippen molar-refractivity contribution < 1.29 is 23.9 Å². The molecule has 3 amide bonds. The molecule has 0 aromatic heterocycles. The first-order valence-corrected chi connectivity index (χ1v) is 9.65. The highest BCUT2D eigenvalue weighted by molar-refractivity contribution is 6.11. The molecule has 5 rings (SSSR count). The van der Waals surface area contributed by atoms with Crippen LogP contribution in [-0.4, -0.2) is 36.0 Å². The molecule has 1 N–H and O–H groups in total. The highest BCUT2D eigenvalue weighted by Gasteiger charge is 2.49. The number of urea groups is 1. The fourth-order valence-corrected chi connectivity index (χ4v) is 4.22. The number of Topliss-reactive ketones (excluding diaryl/α,β-unsaturated/α-hetero) is 1. The number of rotatable bonds is 4. The number of benzene rings is 2. The summed E-state index contributed by atoms with van der Waals surface area (Å²) in [5, 5.41) is 2.72. The topological polar surface area (TPSA) is 84.9 Å². The van der Waals surface area contributed by atoms with Crippen LogP contribution in [0.15, 0.2) is 36.4 Å². The molecular formula is C22H20N2O5. The van der Waals surface area contributed by atoms with Gasteiger partial charge in [-0.15, -0.1) is 0 Å². The Kier molecular flexibility index (Phi) is 3.87. The van der Waals surface area contributed by atoms with Gasteiger partial charge in [0.2, 0.25) is 6.79 Å². The Morgan fingerprint density at radius 2 is 1.86 bits per heavy atom. The van der Waals surface area contributed by atoms with Gasteiger partial charge in [0.25, 0.3) is 5.91 Å². The van der Waals surface area contributed by atoms with Gasteiger partial charge < -0.3 is 14.8 Å². The number of carbonyl (C=O) groups is 3. The van der Waals surface area contributed by atoms with Gasteiger partial charge in [0, 0.05) is 5.56 Å². The van der Waals surface area contributed by atoms with Crippen molar-refractivity contribution in [3.63, 3.8) is 0 Å². The lowest BCUT2D eigenvalue weighted by Gasteiger charge is -2.22. The van der Waals surface area contributed by atoms with E-state index in [-0.39, 0.29) is 19.1 Å². The molecular weight excluding hydrogens is 372 g/mol. The van der Waals surface area contributed by atoms with Crippen LogP contribution in [-0.2, 0) is 23.2 Å². The number of hydrogen-bond acceptors (Lipinski definition) is 5. The molecule has 29 heavy (non-hydrogen) atoms. The van der Waals surface area contributed by atoms with Crippen molar-refractivity contribution in [1.29, 1.82) is 0 Å². The first-order valence-electron chi connectivity index (χ1n) is 9.65. The van der Waals surface area contributed by atoms with Crippen molar-refractivity contribution in [3.05, 3.63) is 58.7 Å². The maximum Gasteiger partial charge on any atom is 0.325 e. The van der Waals surface area contributed by atoms with Gasteiger partial charge in [-0.3, -0.25) is 14.5 Å². The molecule has 2 aromatic rings. The van der Waals surface area contributed by atoms with Crippen molar-refractivity contribution in [2.24, 2.45) is 0 Å². The summed E-state index contributed by atoms with van der Waals surface area (Å²) < 4.78 is 10.7. The molecule has 2 aliphatic heterocycles. The summed E-state index contributed by atoms with van der Waals surface area (Å²) in [7, 11) is 0. The first-order chi connectivity index (χ1) is 14.0. The minimum atomic E-state index is -1.27. The Balaban J connectivity index is 1.38. The monoisotopic (exact) mass is 392 g/mol. The number of nitrogens with one attached hydrogen (secondary N) is 1. The van der Waals surface area contributed by atoms with Crippen molar-refractivity contribution in [3.8, 4) is 11.5 Å². The lowest BCUT2D eigenvalue weighted by atomic mass is 9.91. The fraction of sp³-hybridized carbons (Fsp3) is 0.318. The van der Waals surface area contributed by atoms with Crippen LogP contribution in [0.4, 0.5) is 4.79 Å². The second-order valence-corrected chi connectivity index (χ2v) is 7.77. The number of amides is 3. The van der Waals surface area contributed by atoms with Crippen LogP contribution in [0.5, 0.6) is 11.5 Å². The average Bonchev–Trinajstić information content (AvgIpc) is 3.42. The number of ether oxygens (including phenoxy) is 2. The number of hydrogen-bond donors (Lipinski definition) is 1. The highest BCUT2D eigenvalue weighted by Crippen LogP contribution is 2.38. The molecule has 0 spiro atoms. The maximum atomic E-state index is 13.1. The lowest BCUT2D eigenvalue weighted by Crippen LogP contribution is -2.41. The van der Waals surface area contributed by atoms with Gasteiger partial charge >= 0.3 is 6.03 Å². The number of aryl methyl sites for hydroxylation is 2. The second kappa shape index (κ2) is 6.34. The summed E-state index contributed by atoms with van der Waals surface area (Å²) in [6, 6.07) is 10.2. The van der Waals surface area contributed by atoms with Crippen LogP contribution in [0, 0.1) is 0 Å². The Morgan fingerprint density at radius 3 is 2.72 bits per heavy atom. The fourth-order valence-electron chi connectivity index (χ4n) is 4.22. The van der Waals surface area contributed by atoms with E-state index >= 15 is 0 Å². The third kappa shape index (κ3) is 2.76. The second-order valence-electron chi connectivity index (χ2n) is 7.77. The van der Waals surface area contributed by atoms with E-state index < -0.39 is 17.5 Å².